The molecule has 0 saturated heterocycles. The van der Waals surface area contributed by atoms with Crippen LogP contribution in [0.25, 0.3) is 0 Å². The summed E-state index contributed by atoms with van der Waals surface area (Å²) in [5.41, 5.74) is 0.608. The van der Waals surface area contributed by atoms with E-state index in [1.807, 2.05) is 0 Å². The Morgan fingerprint density at radius 2 is 1.50 bits per heavy atom. The largest absolute Gasteiger partial charge is 0.204 e. The standard InChI is InChI=1S/C22H32F2/c1-2-3-5-16-8-10-17(11-9-16)18-12-14-19(15-13-18)20-6-4-7-21(23)22(20)24/h4,6-7,16-19H,2-3,5,8-15H2,1H3. The van der Waals surface area contributed by atoms with Gasteiger partial charge in [0.1, 0.15) is 0 Å². The van der Waals surface area contributed by atoms with Crippen molar-refractivity contribution in [3.05, 3.63) is 35.4 Å². The molecule has 0 N–H and O–H groups in total. The van der Waals surface area contributed by atoms with Gasteiger partial charge >= 0.3 is 0 Å². The summed E-state index contributed by atoms with van der Waals surface area (Å²) in [6, 6.07) is 4.65. The van der Waals surface area contributed by atoms with Gasteiger partial charge in [0.05, 0.1) is 0 Å². The first-order valence-electron chi connectivity index (χ1n) is 10.1. The molecule has 2 aliphatic rings. The van der Waals surface area contributed by atoms with Crippen LogP contribution in [0, 0.1) is 29.4 Å². The molecule has 0 unspecified atom stereocenters. The zero-order valence-electron chi connectivity index (χ0n) is 15.1. The number of hydrogen-bond donors (Lipinski definition) is 0. The molecule has 1 aromatic carbocycles. The van der Waals surface area contributed by atoms with Gasteiger partial charge < -0.3 is 0 Å². The number of rotatable bonds is 5. The van der Waals surface area contributed by atoms with Crippen LogP contribution >= 0.6 is 0 Å². The van der Waals surface area contributed by atoms with Gasteiger partial charge in [-0.1, -0.05) is 51.2 Å². The van der Waals surface area contributed by atoms with Gasteiger partial charge in [-0.05, 0) is 73.8 Å². The van der Waals surface area contributed by atoms with Crippen molar-refractivity contribution in [2.45, 2.75) is 83.5 Å². The van der Waals surface area contributed by atoms with E-state index in [0.29, 0.717) is 5.56 Å². The van der Waals surface area contributed by atoms with Gasteiger partial charge in [0, 0.05) is 0 Å². The van der Waals surface area contributed by atoms with Gasteiger partial charge in [-0.25, -0.2) is 8.78 Å². The summed E-state index contributed by atoms with van der Waals surface area (Å²) in [5.74, 6) is 1.60. The lowest BCUT2D eigenvalue weighted by Crippen LogP contribution is -2.25. The topological polar surface area (TPSA) is 0 Å². The van der Waals surface area contributed by atoms with Crippen LogP contribution in [0.2, 0.25) is 0 Å². The highest BCUT2D eigenvalue weighted by Gasteiger charge is 2.32. The van der Waals surface area contributed by atoms with Gasteiger partial charge in [0.2, 0.25) is 0 Å². The summed E-state index contributed by atoms with van der Waals surface area (Å²) in [7, 11) is 0. The molecule has 0 spiro atoms. The third kappa shape index (κ3) is 4.18. The molecule has 134 valence electrons. The minimum Gasteiger partial charge on any atom is -0.204 e. The summed E-state index contributed by atoms with van der Waals surface area (Å²) in [5, 5.41) is 0. The van der Waals surface area contributed by atoms with E-state index >= 15 is 0 Å². The highest BCUT2D eigenvalue weighted by atomic mass is 19.2. The third-order valence-electron chi connectivity index (χ3n) is 6.72. The van der Waals surface area contributed by atoms with Crippen molar-refractivity contribution >= 4 is 0 Å². The van der Waals surface area contributed by atoms with Crippen LogP contribution in [0.5, 0.6) is 0 Å². The molecule has 0 atom stereocenters. The van der Waals surface area contributed by atoms with Gasteiger partial charge in [-0.15, -0.1) is 0 Å². The van der Waals surface area contributed by atoms with Crippen LogP contribution in [0.4, 0.5) is 8.78 Å². The molecule has 0 radical (unpaired) electrons. The van der Waals surface area contributed by atoms with Crippen molar-refractivity contribution in [2.75, 3.05) is 0 Å². The molecule has 2 aliphatic carbocycles. The van der Waals surface area contributed by atoms with Crippen molar-refractivity contribution < 1.29 is 8.78 Å². The Kier molecular flexibility index (Phi) is 6.30. The van der Waals surface area contributed by atoms with Gasteiger partial charge in [-0.3, -0.25) is 0 Å². The lowest BCUT2D eigenvalue weighted by atomic mass is 9.68. The van der Waals surface area contributed by atoms with E-state index in [1.54, 1.807) is 12.1 Å². The van der Waals surface area contributed by atoms with Gasteiger partial charge in [-0.2, -0.15) is 0 Å². The zero-order chi connectivity index (χ0) is 16.9. The fourth-order valence-electron chi connectivity index (χ4n) is 5.18. The Labute approximate surface area is 146 Å². The maximum Gasteiger partial charge on any atom is 0.162 e. The second-order valence-electron chi connectivity index (χ2n) is 8.18. The van der Waals surface area contributed by atoms with Gasteiger partial charge in [0.25, 0.3) is 0 Å². The molecule has 3 rings (SSSR count). The second kappa shape index (κ2) is 8.45. The zero-order valence-corrected chi connectivity index (χ0v) is 15.1. The highest BCUT2D eigenvalue weighted by molar-refractivity contribution is 5.23. The fraction of sp³-hybridized carbons (Fsp3) is 0.727. The summed E-state index contributed by atoms with van der Waals surface area (Å²) < 4.78 is 27.5. The molecule has 0 heterocycles. The SMILES string of the molecule is CCCCC1CCC(C2CCC(c3cccc(F)c3F)CC2)CC1. The minimum atomic E-state index is -0.694. The van der Waals surface area contributed by atoms with Crippen molar-refractivity contribution in [2.24, 2.45) is 17.8 Å². The molecular weight excluding hydrogens is 302 g/mol. The predicted octanol–water partition coefficient (Wildman–Crippen LogP) is 7.24. The summed E-state index contributed by atoms with van der Waals surface area (Å²) in [6.45, 7) is 2.28. The smallest absolute Gasteiger partial charge is 0.162 e. The molecule has 0 amide bonds. The number of unbranched alkanes of at least 4 members (excludes halogenated alkanes) is 1. The van der Waals surface area contributed by atoms with Crippen LogP contribution in [-0.4, -0.2) is 0 Å². The van der Waals surface area contributed by atoms with E-state index < -0.39 is 11.6 Å². The molecule has 24 heavy (non-hydrogen) atoms. The van der Waals surface area contributed by atoms with Gasteiger partial charge in [0.15, 0.2) is 11.6 Å². The van der Waals surface area contributed by atoms with Crippen molar-refractivity contribution in [1.82, 2.24) is 0 Å². The molecule has 0 nitrogen and oxygen atoms in total. The maximum absolute atomic E-state index is 14.0. The first-order valence-corrected chi connectivity index (χ1v) is 10.1. The Morgan fingerprint density at radius 1 is 0.875 bits per heavy atom. The van der Waals surface area contributed by atoms with Crippen LogP contribution < -0.4 is 0 Å². The highest BCUT2D eigenvalue weighted by Crippen LogP contribution is 2.44. The van der Waals surface area contributed by atoms with E-state index in [4.69, 9.17) is 0 Å². The molecule has 0 aromatic heterocycles. The third-order valence-corrected chi connectivity index (χ3v) is 6.72. The fourth-order valence-corrected chi connectivity index (χ4v) is 5.18. The summed E-state index contributed by atoms with van der Waals surface area (Å²) in [6.07, 6.45) is 14.2. The first-order chi connectivity index (χ1) is 11.7. The Balaban J connectivity index is 1.48. The maximum atomic E-state index is 14.0. The molecule has 1 aromatic rings. The van der Waals surface area contributed by atoms with E-state index in [2.05, 4.69) is 6.92 Å². The average molecular weight is 334 g/mol. The van der Waals surface area contributed by atoms with Crippen molar-refractivity contribution in [1.29, 1.82) is 0 Å². The predicted molar refractivity (Wildman–Crippen MR) is 96.0 cm³/mol. The van der Waals surface area contributed by atoms with Crippen LogP contribution in [0.3, 0.4) is 0 Å². The Hall–Kier alpha value is -0.920. The van der Waals surface area contributed by atoms with Crippen molar-refractivity contribution in [3.63, 3.8) is 0 Å². The lowest BCUT2D eigenvalue weighted by Gasteiger charge is -2.38. The molecule has 2 fully saturated rings. The van der Waals surface area contributed by atoms with Crippen LogP contribution in [-0.2, 0) is 0 Å². The second-order valence-corrected chi connectivity index (χ2v) is 8.18. The quantitative estimate of drug-likeness (QED) is 0.532. The van der Waals surface area contributed by atoms with E-state index in [1.165, 1.54) is 63.9 Å². The Bertz CT molecular complexity index is 509. The van der Waals surface area contributed by atoms with Crippen LogP contribution in [0.1, 0.15) is 89.0 Å². The number of benzene rings is 1. The normalized spacial score (nSPS) is 31.1. The monoisotopic (exact) mass is 334 g/mol. The first kappa shape index (κ1) is 17.9. The van der Waals surface area contributed by atoms with E-state index in [0.717, 1.165) is 30.6 Å². The molecule has 0 bridgehead atoms. The summed E-state index contributed by atoms with van der Waals surface area (Å²) in [4.78, 5) is 0. The lowest BCUT2D eigenvalue weighted by molar-refractivity contribution is 0.155. The van der Waals surface area contributed by atoms with Crippen LogP contribution in [0.15, 0.2) is 18.2 Å². The van der Waals surface area contributed by atoms with E-state index in [-0.39, 0.29) is 5.92 Å². The molecule has 2 heteroatoms. The van der Waals surface area contributed by atoms with E-state index in [9.17, 15) is 8.78 Å². The minimum absolute atomic E-state index is 0.220. The van der Waals surface area contributed by atoms with Crippen molar-refractivity contribution in [3.8, 4) is 0 Å². The number of hydrogen-bond acceptors (Lipinski definition) is 0. The molecule has 0 aliphatic heterocycles. The Morgan fingerprint density at radius 3 is 2.12 bits per heavy atom. The summed E-state index contributed by atoms with van der Waals surface area (Å²) >= 11 is 0. The molecule has 2 saturated carbocycles. The molecular formula is C22H32F2. The average Bonchev–Trinajstić information content (AvgIpc) is 2.63. The number of halogens is 2.